The summed E-state index contributed by atoms with van der Waals surface area (Å²) in [4.78, 5) is 31.1. The van der Waals surface area contributed by atoms with E-state index in [1.165, 1.54) is 0 Å². The molecule has 13 heavy (non-hydrogen) atoms. The maximum atomic E-state index is 10.4. The van der Waals surface area contributed by atoms with E-state index in [0.29, 0.717) is 0 Å². The molecule has 0 saturated carbocycles. The average Bonchev–Trinajstić information content (AvgIpc) is 1.97. The average molecular weight is 190 g/mol. The Kier molecular flexibility index (Phi) is 3.70. The predicted molar refractivity (Wildman–Crippen MR) is 40.9 cm³/mol. The van der Waals surface area contributed by atoms with Crippen LogP contribution in [0, 0.1) is 5.92 Å². The van der Waals surface area contributed by atoms with Crippen LogP contribution in [0.5, 0.6) is 0 Å². The van der Waals surface area contributed by atoms with E-state index >= 15 is 0 Å². The van der Waals surface area contributed by atoms with Gasteiger partial charge in [0.05, 0.1) is 5.92 Å². The monoisotopic (exact) mass is 190 g/mol. The Hall–Kier alpha value is -1.79. The first kappa shape index (κ1) is 11.2. The van der Waals surface area contributed by atoms with Gasteiger partial charge in [-0.05, 0) is 6.92 Å². The van der Waals surface area contributed by atoms with Crippen LogP contribution in [0.2, 0.25) is 0 Å². The van der Waals surface area contributed by atoms with E-state index in [0.717, 1.165) is 6.92 Å². The van der Waals surface area contributed by atoms with Crippen LogP contribution in [0.1, 0.15) is 6.92 Å². The molecule has 0 aromatic rings. The summed E-state index contributed by atoms with van der Waals surface area (Å²) in [5.74, 6) is -3.99. The number of carboxylic acid groups (broad SMARTS) is 2. The number of carboxylic acids is 2. The van der Waals surface area contributed by atoms with E-state index < -0.39 is 29.9 Å². The van der Waals surface area contributed by atoms with Gasteiger partial charge in [0.1, 0.15) is 6.04 Å². The van der Waals surface area contributed by atoms with Crippen LogP contribution in [-0.2, 0) is 9.59 Å². The second-order valence-corrected chi connectivity index (χ2v) is 2.45. The van der Waals surface area contributed by atoms with Crippen LogP contribution < -0.4 is 11.1 Å². The Morgan fingerprint density at radius 1 is 1.23 bits per heavy atom. The molecule has 0 aromatic heterocycles. The van der Waals surface area contributed by atoms with Crippen LogP contribution in [0.25, 0.3) is 0 Å². The molecule has 74 valence electrons. The Balaban J connectivity index is 4.51. The third kappa shape index (κ3) is 3.41. The largest absolute Gasteiger partial charge is 0.481 e. The van der Waals surface area contributed by atoms with Gasteiger partial charge in [-0.3, -0.25) is 4.79 Å². The fourth-order valence-electron chi connectivity index (χ4n) is 0.696. The molecule has 0 heterocycles. The quantitative estimate of drug-likeness (QED) is 0.443. The number of carbonyl (C=O) groups excluding carboxylic acids is 1. The maximum absolute atomic E-state index is 10.4. The molecule has 7 heteroatoms. The van der Waals surface area contributed by atoms with Crippen molar-refractivity contribution in [1.29, 1.82) is 0 Å². The van der Waals surface area contributed by atoms with Gasteiger partial charge in [0.15, 0.2) is 0 Å². The van der Waals surface area contributed by atoms with Crippen molar-refractivity contribution < 1.29 is 24.6 Å². The highest BCUT2D eigenvalue weighted by atomic mass is 16.4. The van der Waals surface area contributed by atoms with Gasteiger partial charge in [-0.15, -0.1) is 0 Å². The minimum atomic E-state index is -1.50. The van der Waals surface area contributed by atoms with Gasteiger partial charge in [0.25, 0.3) is 0 Å². The molecule has 0 rings (SSSR count). The van der Waals surface area contributed by atoms with Gasteiger partial charge in [-0.1, -0.05) is 0 Å². The molecule has 0 aliphatic rings. The number of nitrogens with two attached hydrogens (primary N) is 1. The van der Waals surface area contributed by atoms with Gasteiger partial charge in [0.2, 0.25) is 0 Å². The zero-order valence-electron chi connectivity index (χ0n) is 6.85. The fraction of sp³-hybridized carbons (Fsp3) is 0.500. The molecule has 0 spiro atoms. The van der Waals surface area contributed by atoms with Crippen LogP contribution in [0.15, 0.2) is 0 Å². The topological polar surface area (TPSA) is 130 Å². The summed E-state index contributed by atoms with van der Waals surface area (Å²) in [6, 6.07) is -2.57. The molecule has 0 fully saturated rings. The molecule has 0 saturated heterocycles. The molecule has 0 aromatic carbocycles. The van der Waals surface area contributed by atoms with Crippen LogP contribution >= 0.6 is 0 Å². The third-order valence-electron chi connectivity index (χ3n) is 1.45. The minimum absolute atomic E-state index is 1.07. The number of urea groups is 1. The van der Waals surface area contributed by atoms with Gasteiger partial charge < -0.3 is 21.3 Å². The predicted octanol–water partition coefficient (Wildman–Crippen LogP) is -1.17. The summed E-state index contributed by atoms with van der Waals surface area (Å²) >= 11 is 0. The van der Waals surface area contributed by atoms with Crippen molar-refractivity contribution in [2.45, 2.75) is 13.0 Å². The lowest BCUT2D eigenvalue weighted by molar-refractivity contribution is -0.149. The summed E-state index contributed by atoms with van der Waals surface area (Å²) in [6.45, 7) is 1.16. The highest BCUT2D eigenvalue weighted by Gasteiger charge is 2.30. The number of amides is 2. The number of aliphatic carboxylic acids is 2. The Morgan fingerprint density at radius 3 is 1.92 bits per heavy atom. The van der Waals surface area contributed by atoms with Crippen LogP contribution in [-0.4, -0.2) is 34.2 Å². The Bertz CT molecular complexity index is 239. The molecule has 2 atom stereocenters. The zero-order chi connectivity index (χ0) is 10.6. The third-order valence-corrected chi connectivity index (χ3v) is 1.45. The molecular formula is C6H10N2O5. The highest BCUT2D eigenvalue weighted by molar-refractivity contribution is 5.86. The second kappa shape index (κ2) is 4.29. The molecule has 0 aliphatic carbocycles. The summed E-state index contributed by atoms with van der Waals surface area (Å²) in [7, 11) is 0. The first-order valence-corrected chi connectivity index (χ1v) is 3.37. The van der Waals surface area contributed by atoms with Crippen molar-refractivity contribution in [3.05, 3.63) is 0 Å². The first-order chi connectivity index (χ1) is 5.86. The van der Waals surface area contributed by atoms with Crippen molar-refractivity contribution in [2.75, 3.05) is 0 Å². The summed E-state index contributed by atoms with van der Waals surface area (Å²) in [5.41, 5.74) is 4.66. The normalized spacial score (nSPS) is 14.2. The number of hydrogen-bond donors (Lipinski definition) is 4. The van der Waals surface area contributed by atoms with Gasteiger partial charge >= 0.3 is 18.0 Å². The van der Waals surface area contributed by atoms with Gasteiger partial charge in [-0.2, -0.15) is 0 Å². The van der Waals surface area contributed by atoms with Crippen molar-refractivity contribution in [3.63, 3.8) is 0 Å². The summed E-state index contributed by atoms with van der Waals surface area (Å²) in [6.07, 6.45) is 0. The second-order valence-electron chi connectivity index (χ2n) is 2.45. The fourth-order valence-corrected chi connectivity index (χ4v) is 0.696. The molecule has 0 aliphatic heterocycles. The lowest BCUT2D eigenvalue weighted by Gasteiger charge is -2.16. The number of rotatable bonds is 4. The number of primary amides is 1. The molecule has 2 amide bonds. The van der Waals surface area contributed by atoms with Gasteiger partial charge in [-0.25, -0.2) is 9.59 Å². The Morgan fingerprint density at radius 2 is 1.69 bits per heavy atom. The van der Waals surface area contributed by atoms with Gasteiger partial charge in [0, 0.05) is 0 Å². The maximum Gasteiger partial charge on any atom is 0.327 e. The lowest BCUT2D eigenvalue weighted by atomic mass is 10.0. The first-order valence-electron chi connectivity index (χ1n) is 3.37. The van der Waals surface area contributed by atoms with E-state index in [1.54, 1.807) is 0 Å². The van der Waals surface area contributed by atoms with Crippen LogP contribution in [0.3, 0.4) is 0 Å². The minimum Gasteiger partial charge on any atom is -0.481 e. The van der Waals surface area contributed by atoms with E-state index in [1.807, 2.05) is 5.32 Å². The van der Waals surface area contributed by atoms with Crippen molar-refractivity contribution in [1.82, 2.24) is 5.32 Å². The van der Waals surface area contributed by atoms with Crippen molar-refractivity contribution in [2.24, 2.45) is 11.7 Å². The highest BCUT2D eigenvalue weighted by Crippen LogP contribution is 2.03. The van der Waals surface area contributed by atoms with Crippen molar-refractivity contribution >= 4 is 18.0 Å². The molecule has 0 unspecified atom stereocenters. The number of carbonyl (C=O) groups is 3. The number of nitrogens with one attached hydrogen (secondary N) is 1. The summed E-state index contributed by atoms with van der Waals surface area (Å²) in [5, 5.41) is 18.8. The standard InChI is InChI=1S/C6H10N2O5/c1-2(4(9)10)3(5(11)12)8-6(7)13/h2-3H,1H3,(H,9,10)(H,11,12)(H3,7,8,13)/t2-,3-/m0/s1. The van der Waals surface area contributed by atoms with E-state index in [4.69, 9.17) is 10.2 Å². The number of hydrogen-bond acceptors (Lipinski definition) is 3. The van der Waals surface area contributed by atoms with Crippen LogP contribution in [0.4, 0.5) is 4.79 Å². The smallest absolute Gasteiger partial charge is 0.327 e. The van der Waals surface area contributed by atoms with E-state index in [-0.39, 0.29) is 0 Å². The Labute approximate surface area is 73.5 Å². The van der Waals surface area contributed by atoms with E-state index in [9.17, 15) is 14.4 Å². The molecule has 0 radical (unpaired) electrons. The molecule has 5 N–H and O–H groups in total. The van der Waals surface area contributed by atoms with E-state index in [2.05, 4.69) is 5.73 Å². The molecule has 7 nitrogen and oxygen atoms in total. The molecular weight excluding hydrogens is 180 g/mol. The lowest BCUT2D eigenvalue weighted by Crippen LogP contribution is -2.49. The molecule has 0 bridgehead atoms. The zero-order valence-corrected chi connectivity index (χ0v) is 6.85. The summed E-state index contributed by atoms with van der Waals surface area (Å²) < 4.78 is 0. The van der Waals surface area contributed by atoms with Crippen molar-refractivity contribution in [3.8, 4) is 0 Å². The SMILES string of the molecule is C[C@H](C(=O)O)[C@H](NC(N)=O)C(=O)O.